The van der Waals surface area contributed by atoms with Gasteiger partial charge in [0.1, 0.15) is 0 Å². The van der Waals surface area contributed by atoms with Crippen molar-refractivity contribution in [2.75, 3.05) is 0 Å². The summed E-state index contributed by atoms with van der Waals surface area (Å²) < 4.78 is 0. The minimum Gasteiger partial charge on any atom is -0.176 e. The molecule has 2 aromatic rings. The summed E-state index contributed by atoms with van der Waals surface area (Å²) >= 11 is 4.65. The van der Waals surface area contributed by atoms with Crippen LogP contribution in [0.25, 0.3) is 11.1 Å². The molecule has 1 fully saturated rings. The van der Waals surface area contributed by atoms with Gasteiger partial charge in [0.05, 0.1) is 0 Å². The smallest absolute Gasteiger partial charge is 0.00170 e. The van der Waals surface area contributed by atoms with Crippen LogP contribution >= 0.6 is 12.6 Å². The molecule has 2 aromatic carbocycles. The number of benzene rings is 2. The van der Waals surface area contributed by atoms with Crippen LogP contribution in [0.15, 0.2) is 54.6 Å². The van der Waals surface area contributed by atoms with Crippen molar-refractivity contribution in [3.8, 4) is 11.1 Å². The fourth-order valence-corrected chi connectivity index (χ4v) is 3.53. The van der Waals surface area contributed by atoms with E-state index in [1.54, 1.807) is 0 Å². The Labute approximate surface area is 127 Å². The zero-order chi connectivity index (χ0) is 13.8. The zero-order valence-electron chi connectivity index (χ0n) is 11.8. The van der Waals surface area contributed by atoms with E-state index in [2.05, 4.69) is 67.2 Å². The molecule has 0 unspecified atom stereocenters. The minimum absolute atomic E-state index is 0.614. The number of rotatable bonds is 2. The molecule has 1 aliphatic rings. The molecule has 0 saturated heterocycles. The summed E-state index contributed by atoms with van der Waals surface area (Å²) in [5.41, 5.74) is 4.12. The van der Waals surface area contributed by atoms with Crippen molar-refractivity contribution in [2.45, 2.75) is 43.3 Å². The Morgan fingerprint density at radius 3 is 2.15 bits per heavy atom. The number of thiol groups is 1. The second-order valence-corrected chi connectivity index (χ2v) is 6.58. The summed E-state index contributed by atoms with van der Waals surface area (Å²) in [5.74, 6) is 0.733. The molecule has 0 spiro atoms. The zero-order valence-corrected chi connectivity index (χ0v) is 12.7. The van der Waals surface area contributed by atoms with Crippen molar-refractivity contribution in [2.24, 2.45) is 0 Å². The van der Waals surface area contributed by atoms with Crippen LogP contribution in [0.3, 0.4) is 0 Å². The van der Waals surface area contributed by atoms with Gasteiger partial charge in [-0.3, -0.25) is 0 Å². The Morgan fingerprint density at radius 1 is 0.700 bits per heavy atom. The van der Waals surface area contributed by atoms with Crippen LogP contribution < -0.4 is 0 Å². The van der Waals surface area contributed by atoms with E-state index in [0.29, 0.717) is 5.25 Å². The summed E-state index contributed by atoms with van der Waals surface area (Å²) in [6.07, 6.45) is 6.47. The van der Waals surface area contributed by atoms with Crippen LogP contribution in [-0.2, 0) is 0 Å². The number of hydrogen-bond donors (Lipinski definition) is 1. The highest BCUT2D eigenvalue weighted by molar-refractivity contribution is 7.80. The number of hydrogen-bond acceptors (Lipinski definition) is 1. The molecular formula is C19H22S. The first-order chi connectivity index (χ1) is 9.83. The van der Waals surface area contributed by atoms with Crippen molar-refractivity contribution >= 4 is 12.6 Å². The lowest BCUT2D eigenvalue weighted by Crippen LogP contribution is -1.98. The van der Waals surface area contributed by atoms with Crippen molar-refractivity contribution in [1.82, 2.24) is 0 Å². The van der Waals surface area contributed by atoms with Gasteiger partial charge in [0.2, 0.25) is 0 Å². The van der Waals surface area contributed by atoms with Crippen molar-refractivity contribution in [1.29, 1.82) is 0 Å². The van der Waals surface area contributed by atoms with E-state index < -0.39 is 0 Å². The molecule has 0 amide bonds. The largest absolute Gasteiger partial charge is 0.176 e. The van der Waals surface area contributed by atoms with Gasteiger partial charge in [-0.25, -0.2) is 0 Å². The first-order valence-corrected chi connectivity index (χ1v) is 8.18. The SMILES string of the molecule is S[C@@H]1CCC[C@H](c2ccc(-c3ccccc3)cc2)CC1. The highest BCUT2D eigenvalue weighted by atomic mass is 32.1. The minimum atomic E-state index is 0.614. The standard InChI is InChI=1S/C19H22S/c20-19-8-4-7-16(13-14-19)18-11-9-17(10-12-18)15-5-2-1-3-6-15/h1-3,5-6,9-12,16,19-20H,4,7-8,13-14H2/t16-,19+/m0/s1. The maximum absolute atomic E-state index is 4.65. The van der Waals surface area contributed by atoms with Gasteiger partial charge in [-0.1, -0.05) is 61.0 Å². The molecule has 0 nitrogen and oxygen atoms in total. The van der Waals surface area contributed by atoms with E-state index in [-0.39, 0.29) is 0 Å². The molecule has 0 radical (unpaired) electrons. The summed E-state index contributed by atoms with van der Waals surface area (Å²) in [7, 11) is 0. The normalized spacial score (nSPS) is 23.2. The van der Waals surface area contributed by atoms with Crippen molar-refractivity contribution in [3.63, 3.8) is 0 Å². The van der Waals surface area contributed by atoms with Gasteiger partial charge in [-0.05, 0) is 48.3 Å². The molecular weight excluding hydrogens is 260 g/mol. The monoisotopic (exact) mass is 282 g/mol. The van der Waals surface area contributed by atoms with Crippen LogP contribution in [0.2, 0.25) is 0 Å². The van der Waals surface area contributed by atoms with E-state index in [1.165, 1.54) is 48.8 Å². The molecule has 2 atom stereocenters. The van der Waals surface area contributed by atoms with E-state index in [0.717, 1.165) is 5.92 Å². The molecule has 0 bridgehead atoms. The fraction of sp³-hybridized carbons (Fsp3) is 0.368. The lowest BCUT2D eigenvalue weighted by Gasteiger charge is -2.15. The highest BCUT2D eigenvalue weighted by Gasteiger charge is 2.18. The quantitative estimate of drug-likeness (QED) is 0.530. The molecule has 0 aliphatic heterocycles. The predicted octanol–water partition coefficient (Wildman–Crippen LogP) is 5.70. The lowest BCUT2D eigenvalue weighted by atomic mass is 9.90. The third kappa shape index (κ3) is 3.27. The van der Waals surface area contributed by atoms with Crippen LogP contribution in [-0.4, -0.2) is 5.25 Å². The van der Waals surface area contributed by atoms with Gasteiger partial charge < -0.3 is 0 Å². The van der Waals surface area contributed by atoms with E-state index in [1.807, 2.05) is 0 Å². The first-order valence-electron chi connectivity index (χ1n) is 7.66. The van der Waals surface area contributed by atoms with Gasteiger partial charge in [0.15, 0.2) is 0 Å². The molecule has 0 heterocycles. The second-order valence-electron chi connectivity index (χ2n) is 5.85. The van der Waals surface area contributed by atoms with Gasteiger partial charge in [0, 0.05) is 5.25 Å². The predicted molar refractivity (Wildman–Crippen MR) is 90.5 cm³/mol. The van der Waals surface area contributed by atoms with Crippen molar-refractivity contribution in [3.05, 3.63) is 60.2 Å². The van der Waals surface area contributed by atoms with Gasteiger partial charge in [-0.2, -0.15) is 12.6 Å². The van der Waals surface area contributed by atoms with E-state index in [9.17, 15) is 0 Å². The highest BCUT2D eigenvalue weighted by Crippen LogP contribution is 2.34. The van der Waals surface area contributed by atoms with Crippen LogP contribution in [0, 0.1) is 0 Å². The average molecular weight is 282 g/mol. The maximum Gasteiger partial charge on any atom is 0.00170 e. The Balaban J connectivity index is 1.76. The molecule has 0 aromatic heterocycles. The summed E-state index contributed by atoms with van der Waals surface area (Å²) in [6.45, 7) is 0. The second kappa shape index (κ2) is 6.49. The maximum atomic E-state index is 4.65. The molecule has 20 heavy (non-hydrogen) atoms. The van der Waals surface area contributed by atoms with Crippen LogP contribution in [0.4, 0.5) is 0 Å². The lowest BCUT2D eigenvalue weighted by molar-refractivity contribution is 0.593. The molecule has 1 aliphatic carbocycles. The topological polar surface area (TPSA) is 0 Å². The Bertz CT molecular complexity index is 529. The molecule has 1 heteroatoms. The Kier molecular flexibility index (Phi) is 4.47. The van der Waals surface area contributed by atoms with Gasteiger partial charge in [-0.15, -0.1) is 0 Å². The van der Waals surface area contributed by atoms with E-state index >= 15 is 0 Å². The Morgan fingerprint density at radius 2 is 1.40 bits per heavy atom. The molecule has 1 saturated carbocycles. The van der Waals surface area contributed by atoms with Crippen LogP contribution in [0.5, 0.6) is 0 Å². The summed E-state index contributed by atoms with van der Waals surface area (Å²) in [4.78, 5) is 0. The third-order valence-corrected chi connectivity index (χ3v) is 4.94. The van der Waals surface area contributed by atoms with Crippen molar-refractivity contribution < 1.29 is 0 Å². The molecule has 104 valence electrons. The average Bonchev–Trinajstić information content (AvgIpc) is 2.73. The molecule has 3 rings (SSSR count). The van der Waals surface area contributed by atoms with Gasteiger partial charge >= 0.3 is 0 Å². The summed E-state index contributed by atoms with van der Waals surface area (Å²) in [6, 6.07) is 19.8. The fourth-order valence-electron chi connectivity index (χ4n) is 3.19. The van der Waals surface area contributed by atoms with Gasteiger partial charge in [0.25, 0.3) is 0 Å². The molecule has 0 N–H and O–H groups in total. The summed E-state index contributed by atoms with van der Waals surface area (Å²) in [5, 5.41) is 0.614. The van der Waals surface area contributed by atoms with Crippen LogP contribution in [0.1, 0.15) is 43.6 Å². The first kappa shape index (κ1) is 13.8. The third-order valence-electron chi connectivity index (χ3n) is 4.43. The Hall–Kier alpha value is -1.21. The van der Waals surface area contributed by atoms with E-state index in [4.69, 9.17) is 0 Å².